The van der Waals surface area contributed by atoms with Gasteiger partial charge in [-0.25, -0.2) is 9.97 Å². The summed E-state index contributed by atoms with van der Waals surface area (Å²) in [5.41, 5.74) is 0.796. The molecule has 2 aliphatic rings. The first-order chi connectivity index (χ1) is 16.7. The lowest BCUT2D eigenvalue weighted by molar-refractivity contribution is 0.0852. The van der Waals surface area contributed by atoms with Crippen molar-refractivity contribution < 1.29 is 27.6 Å². The van der Waals surface area contributed by atoms with Crippen LogP contribution in [0.2, 0.25) is 4.34 Å². The number of carbonyl (C=O) groups is 1. The number of aromatic nitrogens is 2. The Morgan fingerprint density at radius 2 is 2.03 bits per heavy atom. The van der Waals surface area contributed by atoms with E-state index in [4.69, 9.17) is 11.6 Å². The zero-order valence-electron chi connectivity index (χ0n) is 19.2. The molecule has 0 bridgehead atoms. The van der Waals surface area contributed by atoms with E-state index >= 15 is 0 Å². The van der Waals surface area contributed by atoms with Crippen LogP contribution in [0.15, 0.2) is 18.6 Å². The Labute approximate surface area is 213 Å². The molecule has 0 aliphatic heterocycles. The van der Waals surface area contributed by atoms with Crippen molar-refractivity contribution >= 4 is 44.8 Å². The summed E-state index contributed by atoms with van der Waals surface area (Å²) in [7, 11) is -2.92. The van der Waals surface area contributed by atoms with Gasteiger partial charge in [-0.05, 0) is 37.7 Å². The number of thiophene rings is 1. The van der Waals surface area contributed by atoms with Gasteiger partial charge in [0, 0.05) is 17.8 Å². The molecule has 13 heteroatoms. The molecule has 4 atom stereocenters. The highest BCUT2D eigenvalue weighted by atomic mass is 35.5. The van der Waals surface area contributed by atoms with Crippen LogP contribution < -0.4 is 10.0 Å². The van der Waals surface area contributed by atoms with Crippen molar-refractivity contribution in [3.8, 4) is 0 Å². The van der Waals surface area contributed by atoms with Gasteiger partial charge in [-0.3, -0.25) is 8.98 Å². The van der Waals surface area contributed by atoms with E-state index in [1.54, 1.807) is 6.07 Å². The lowest BCUT2D eigenvalue weighted by Gasteiger charge is -2.26. The molecule has 2 aromatic rings. The topological polar surface area (TPSA) is 151 Å². The van der Waals surface area contributed by atoms with Gasteiger partial charge in [-0.1, -0.05) is 30.9 Å². The molecule has 2 heterocycles. The normalized spacial score (nSPS) is 24.4. The van der Waals surface area contributed by atoms with Gasteiger partial charge >= 0.3 is 10.3 Å². The first-order valence-corrected chi connectivity index (χ1v) is 14.1. The summed E-state index contributed by atoms with van der Waals surface area (Å²) in [5.74, 6) is 0.0713. The molecular formula is C22H29ClN4O6S2. The molecule has 0 unspecified atom stereocenters. The maximum absolute atomic E-state index is 13.4. The minimum absolute atomic E-state index is 0.133. The number of halogens is 1. The van der Waals surface area contributed by atoms with Crippen molar-refractivity contribution in [2.75, 3.05) is 12.4 Å². The average Bonchev–Trinajstić information content (AvgIpc) is 3.40. The van der Waals surface area contributed by atoms with Crippen LogP contribution in [0.4, 0.5) is 5.82 Å². The Hall–Kier alpha value is -1.67. The van der Waals surface area contributed by atoms with E-state index in [0.717, 1.165) is 44.1 Å². The molecule has 2 saturated carbocycles. The number of hydrogen-bond donors (Lipinski definition) is 4. The maximum atomic E-state index is 13.4. The molecular weight excluding hydrogens is 516 g/mol. The summed E-state index contributed by atoms with van der Waals surface area (Å²) in [6.07, 6.45) is 6.78. The molecule has 192 valence electrons. The second-order valence-electron chi connectivity index (χ2n) is 9.02. The maximum Gasteiger partial charge on any atom is 0.335 e. The van der Waals surface area contributed by atoms with E-state index in [-0.39, 0.29) is 42.0 Å². The van der Waals surface area contributed by atoms with Crippen LogP contribution in [0.3, 0.4) is 0 Å². The molecule has 2 fully saturated rings. The molecule has 10 nitrogen and oxygen atoms in total. The van der Waals surface area contributed by atoms with E-state index in [1.165, 1.54) is 18.9 Å². The number of anilines is 1. The molecule has 0 radical (unpaired) electrons. The summed E-state index contributed by atoms with van der Waals surface area (Å²) >= 11 is 7.54. The first kappa shape index (κ1) is 26.4. The van der Waals surface area contributed by atoms with Gasteiger partial charge in [-0.2, -0.15) is 13.1 Å². The Balaban J connectivity index is 1.49. The van der Waals surface area contributed by atoms with Gasteiger partial charge in [0.05, 0.1) is 40.1 Å². The summed E-state index contributed by atoms with van der Waals surface area (Å²) in [6.45, 7) is 0. The number of carbonyl (C=O) groups excluding carboxylic acids is 1. The van der Waals surface area contributed by atoms with Gasteiger partial charge in [0.1, 0.15) is 12.1 Å². The number of hydrogen-bond acceptors (Lipinski definition) is 10. The van der Waals surface area contributed by atoms with Crippen LogP contribution in [0.5, 0.6) is 0 Å². The van der Waals surface area contributed by atoms with Crippen LogP contribution in [0.25, 0.3) is 0 Å². The van der Waals surface area contributed by atoms with Crippen LogP contribution in [0.1, 0.15) is 71.8 Å². The lowest BCUT2D eigenvalue weighted by Crippen LogP contribution is -2.40. The second-order valence-corrected chi connectivity index (χ2v) is 12.2. The van der Waals surface area contributed by atoms with Crippen LogP contribution in [0, 0.1) is 5.92 Å². The minimum Gasteiger partial charge on any atom is -0.391 e. The second kappa shape index (κ2) is 11.2. The van der Waals surface area contributed by atoms with Crippen molar-refractivity contribution in [1.29, 1.82) is 0 Å². The Morgan fingerprint density at radius 3 is 2.74 bits per heavy atom. The van der Waals surface area contributed by atoms with Crippen molar-refractivity contribution in [3.63, 3.8) is 0 Å². The zero-order chi connectivity index (χ0) is 25.2. The monoisotopic (exact) mass is 544 g/mol. The SMILES string of the molecule is COS(=O)(=O)N[C@@H]1C[C@@H](Nc2ncncc2C(=O)c2cc([C@H](O)C3CCCCC3)c(Cl)s2)C[C@@H]1O. The lowest BCUT2D eigenvalue weighted by atomic mass is 9.83. The molecule has 0 spiro atoms. The molecule has 0 saturated heterocycles. The van der Waals surface area contributed by atoms with Gasteiger partial charge in [0.15, 0.2) is 0 Å². The molecule has 2 aliphatic carbocycles. The highest BCUT2D eigenvalue weighted by Crippen LogP contribution is 2.41. The van der Waals surface area contributed by atoms with E-state index in [1.807, 2.05) is 0 Å². The molecule has 2 aromatic heterocycles. The predicted molar refractivity (Wildman–Crippen MR) is 132 cm³/mol. The third-order valence-corrected chi connectivity index (χ3v) is 9.11. The molecule has 0 aromatic carbocycles. The number of nitrogens with zero attached hydrogens (tertiary/aromatic N) is 2. The Morgan fingerprint density at radius 1 is 1.29 bits per heavy atom. The number of ketones is 1. The third kappa shape index (κ3) is 6.19. The molecule has 4 N–H and O–H groups in total. The van der Waals surface area contributed by atoms with E-state index in [0.29, 0.717) is 14.8 Å². The third-order valence-electron chi connectivity index (χ3n) is 6.69. The summed E-state index contributed by atoms with van der Waals surface area (Å²) in [6, 6.07) is 0.574. The van der Waals surface area contributed by atoms with Crippen LogP contribution >= 0.6 is 22.9 Å². The Kier molecular flexibility index (Phi) is 8.41. The first-order valence-electron chi connectivity index (χ1n) is 11.5. The highest BCUT2D eigenvalue weighted by Gasteiger charge is 2.36. The summed E-state index contributed by atoms with van der Waals surface area (Å²) < 4.78 is 30.5. The van der Waals surface area contributed by atoms with Crippen molar-refractivity contribution in [1.82, 2.24) is 14.7 Å². The van der Waals surface area contributed by atoms with Crippen LogP contribution in [-0.2, 0) is 14.5 Å². The van der Waals surface area contributed by atoms with E-state index in [2.05, 4.69) is 24.2 Å². The average molecular weight is 545 g/mol. The molecule has 35 heavy (non-hydrogen) atoms. The van der Waals surface area contributed by atoms with Gasteiger partial charge in [-0.15, -0.1) is 11.3 Å². The van der Waals surface area contributed by atoms with E-state index < -0.39 is 28.6 Å². The smallest absolute Gasteiger partial charge is 0.335 e. The molecule has 4 rings (SSSR count). The fraction of sp³-hybridized carbons (Fsp3) is 0.591. The van der Waals surface area contributed by atoms with Crippen molar-refractivity contribution in [2.45, 2.75) is 69.2 Å². The number of rotatable bonds is 9. The van der Waals surface area contributed by atoms with Crippen LogP contribution in [-0.4, -0.2) is 59.7 Å². The number of aliphatic hydroxyl groups is 2. The quantitative estimate of drug-likeness (QED) is 0.349. The van der Waals surface area contributed by atoms with E-state index in [9.17, 15) is 23.4 Å². The standard InChI is InChI=1S/C22H29ClN4O6S2/c1-33-35(31,32)27-16-7-13(8-17(16)28)26-22-15(10-24-11-25-22)20(30)18-9-14(21(23)34-18)19(29)12-5-3-2-4-6-12/h9-13,16-17,19,27-29H,2-8H2,1H3,(H,24,25,26)/t13-,16-,17+,19-/m1/s1. The predicted octanol–water partition coefficient (Wildman–Crippen LogP) is 2.82. The van der Waals surface area contributed by atoms with Gasteiger partial charge < -0.3 is 15.5 Å². The van der Waals surface area contributed by atoms with Crippen molar-refractivity contribution in [3.05, 3.63) is 38.9 Å². The van der Waals surface area contributed by atoms with Gasteiger partial charge in [0.2, 0.25) is 5.78 Å². The fourth-order valence-electron chi connectivity index (χ4n) is 4.83. The van der Waals surface area contributed by atoms with Crippen molar-refractivity contribution in [2.24, 2.45) is 5.92 Å². The zero-order valence-corrected chi connectivity index (χ0v) is 21.6. The molecule has 0 amide bonds. The van der Waals surface area contributed by atoms with Gasteiger partial charge in [0.25, 0.3) is 0 Å². The number of nitrogens with one attached hydrogen (secondary N) is 2. The fourth-order valence-corrected chi connectivity index (χ4v) is 6.85. The Bertz CT molecular complexity index is 1150. The summed E-state index contributed by atoms with van der Waals surface area (Å²) in [4.78, 5) is 21.9. The number of aliphatic hydroxyl groups excluding tert-OH is 2. The summed E-state index contributed by atoms with van der Waals surface area (Å²) in [5, 5.41) is 24.3. The minimum atomic E-state index is -3.96. The highest BCUT2D eigenvalue weighted by molar-refractivity contribution is 7.84. The largest absolute Gasteiger partial charge is 0.391 e.